The lowest BCUT2D eigenvalue weighted by atomic mass is 10.0. The predicted molar refractivity (Wildman–Crippen MR) is 118 cm³/mol. The van der Waals surface area contributed by atoms with Crippen molar-refractivity contribution < 1.29 is 17.9 Å². The maximum Gasteiger partial charge on any atom is 0.261 e. The summed E-state index contributed by atoms with van der Waals surface area (Å²) < 4.78 is 33.3. The highest BCUT2D eigenvalue weighted by Crippen LogP contribution is 2.22. The standard InChI is InChI=1S/C21H26ClN3O4S/c1-21(2,25-11-13-29-14-12-25)15-23-20(26)18-5-3-4-6-19(18)24-30(27,28)17-9-7-16(22)8-10-17/h3-10,24H,11-15H2,1-2H3,(H,23,26). The molecule has 0 bridgehead atoms. The Balaban J connectivity index is 1.72. The number of morpholine rings is 1. The molecule has 0 aromatic heterocycles. The lowest BCUT2D eigenvalue weighted by Gasteiger charge is -2.40. The van der Waals surface area contributed by atoms with E-state index in [4.69, 9.17) is 16.3 Å². The number of hydrogen-bond acceptors (Lipinski definition) is 5. The lowest BCUT2D eigenvalue weighted by Crippen LogP contribution is -2.55. The maximum atomic E-state index is 12.9. The van der Waals surface area contributed by atoms with Gasteiger partial charge in [-0.3, -0.25) is 14.4 Å². The third-order valence-electron chi connectivity index (χ3n) is 5.09. The van der Waals surface area contributed by atoms with Crippen LogP contribution in [0.1, 0.15) is 24.2 Å². The second-order valence-electron chi connectivity index (χ2n) is 7.70. The highest BCUT2D eigenvalue weighted by atomic mass is 35.5. The first-order valence-electron chi connectivity index (χ1n) is 9.67. The Bertz CT molecular complexity index is 988. The topological polar surface area (TPSA) is 87.7 Å². The largest absolute Gasteiger partial charge is 0.379 e. The van der Waals surface area contributed by atoms with Gasteiger partial charge in [-0.05, 0) is 50.2 Å². The summed E-state index contributed by atoms with van der Waals surface area (Å²) in [6.45, 7) is 7.51. The zero-order chi connectivity index (χ0) is 21.8. The summed E-state index contributed by atoms with van der Waals surface area (Å²) in [4.78, 5) is 15.2. The molecule has 1 saturated heterocycles. The fourth-order valence-corrected chi connectivity index (χ4v) is 4.47. The molecule has 3 rings (SSSR count). The number of ether oxygens (including phenoxy) is 1. The molecule has 2 aromatic carbocycles. The molecule has 2 aromatic rings. The third-order valence-corrected chi connectivity index (χ3v) is 6.72. The highest BCUT2D eigenvalue weighted by Gasteiger charge is 2.29. The predicted octanol–water partition coefficient (Wildman–Crippen LogP) is 2.98. The first-order valence-corrected chi connectivity index (χ1v) is 11.5. The molecule has 1 aliphatic rings. The summed E-state index contributed by atoms with van der Waals surface area (Å²) in [6, 6.07) is 12.4. The quantitative estimate of drug-likeness (QED) is 0.675. The maximum absolute atomic E-state index is 12.9. The first-order chi connectivity index (χ1) is 14.2. The van der Waals surface area contributed by atoms with Gasteiger partial charge in [0.2, 0.25) is 0 Å². The van der Waals surface area contributed by atoms with Crippen molar-refractivity contribution in [3.63, 3.8) is 0 Å². The van der Waals surface area contributed by atoms with Crippen LogP contribution in [0, 0.1) is 0 Å². The number of halogens is 1. The van der Waals surface area contributed by atoms with Crippen LogP contribution in [0.4, 0.5) is 5.69 Å². The Morgan fingerprint density at radius 2 is 1.73 bits per heavy atom. The molecule has 9 heteroatoms. The number of benzene rings is 2. The molecule has 7 nitrogen and oxygen atoms in total. The minimum Gasteiger partial charge on any atom is -0.379 e. The number of carbonyl (C=O) groups excluding carboxylic acids is 1. The average molecular weight is 452 g/mol. The highest BCUT2D eigenvalue weighted by molar-refractivity contribution is 7.92. The van der Waals surface area contributed by atoms with Crippen LogP contribution in [0.15, 0.2) is 53.4 Å². The molecule has 162 valence electrons. The van der Waals surface area contributed by atoms with Crippen LogP contribution < -0.4 is 10.0 Å². The van der Waals surface area contributed by atoms with Gasteiger partial charge in [0.1, 0.15) is 0 Å². The smallest absolute Gasteiger partial charge is 0.261 e. The zero-order valence-corrected chi connectivity index (χ0v) is 18.6. The first kappa shape index (κ1) is 22.6. The summed E-state index contributed by atoms with van der Waals surface area (Å²) in [6.07, 6.45) is 0. The van der Waals surface area contributed by atoms with E-state index < -0.39 is 10.0 Å². The van der Waals surface area contributed by atoms with Crippen molar-refractivity contribution in [1.82, 2.24) is 10.2 Å². The number of anilines is 1. The van der Waals surface area contributed by atoms with E-state index in [1.807, 2.05) is 0 Å². The number of nitrogens with one attached hydrogen (secondary N) is 2. The Hall–Kier alpha value is -2.13. The van der Waals surface area contributed by atoms with Crippen LogP contribution >= 0.6 is 11.6 Å². The minimum atomic E-state index is -3.86. The molecular formula is C21H26ClN3O4S. The summed E-state index contributed by atoms with van der Waals surface area (Å²) in [5, 5.41) is 3.38. The van der Waals surface area contributed by atoms with Crippen molar-refractivity contribution in [1.29, 1.82) is 0 Å². The molecule has 0 atom stereocenters. The van der Waals surface area contributed by atoms with Crippen molar-refractivity contribution in [3.8, 4) is 0 Å². The van der Waals surface area contributed by atoms with E-state index >= 15 is 0 Å². The van der Waals surface area contributed by atoms with Crippen LogP contribution in [-0.4, -0.2) is 57.6 Å². The van der Waals surface area contributed by atoms with E-state index in [9.17, 15) is 13.2 Å². The van der Waals surface area contributed by atoms with Gasteiger partial charge < -0.3 is 10.1 Å². The average Bonchev–Trinajstić information content (AvgIpc) is 2.73. The van der Waals surface area contributed by atoms with Gasteiger partial charge in [0.25, 0.3) is 15.9 Å². The molecule has 30 heavy (non-hydrogen) atoms. The summed E-state index contributed by atoms with van der Waals surface area (Å²) in [7, 11) is -3.86. The zero-order valence-electron chi connectivity index (χ0n) is 17.0. The van der Waals surface area contributed by atoms with Crippen LogP contribution in [0.25, 0.3) is 0 Å². The van der Waals surface area contributed by atoms with E-state index in [-0.39, 0.29) is 27.6 Å². The second-order valence-corrected chi connectivity index (χ2v) is 9.82. The van der Waals surface area contributed by atoms with Gasteiger partial charge >= 0.3 is 0 Å². The summed E-state index contributed by atoms with van der Waals surface area (Å²) >= 11 is 5.84. The van der Waals surface area contributed by atoms with Crippen molar-refractivity contribution in [3.05, 3.63) is 59.1 Å². The fraction of sp³-hybridized carbons (Fsp3) is 0.381. The van der Waals surface area contributed by atoms with E-state index in [2.05, 4.69) is 28.8 Å². The molecule has 1 heterocycles. The summed E-state index contributed by atoms with van der Waals surface area (Å²) in [5.74, 6) is -0.342. The molecule has 0 spiro atoms. The number of amides is 1. The molecule has 1 aliphatic heterocycles. The van der Waals surface area contributed by atoms with E-state index in [1.165, 1.54) is 24.3 Å². The van der Waals surface area contributed by atoms with E-state index in [0.29, 0.717) is 24.8 Å². The molecular weight excluding hydrogens is 426 g/mol. The Labute approximate surface area is 182 Å². The molecule has 2 N–H and O–H groups in total. The van der Waals surface area contributed by atoms with Gasteiger partial charge in [-0.2, -0.15) is 0 Å². The van der Waals surface area contributed by atoms with E-state index in [1.54, 1.807) is 24.3 Å². The minimum absolute atomic E-state index is 0.0653. The Morgan fingerprint density at radius 1 is 1.10 bits per heavy atom. The number of nitrogens with zero attached hydrogens (tertiary/aromatic N) is 1. The normalized spacial score (nSPS) is 15.6. The van der Waals surface area contributed by atoms with Crippen LogP contribution in [0.5, 0.6) is 0 Å². The lowest BCUT2D eigenvalue weighted by molar-refractivity contribution is -0.00923. The van der Waals surface area contributed by atoms with Crippen molar-refractivity contribution in [2.75, 3.05) is 37.6 Å². The van der Waals surface area contributed by atoms with Crippen molar-refractivity contribution >= 4 is 33.2 Å². The Kier molecular flexibility index (Phi) is 7.02. The molecule has 0 aliphatic carbocycles. The van der Waals surface area contributed by atoms with Crippen LogP contribution in [-0.2, 0) is 14.8 Å². The third kappa shape index (κ3) is 5.51. The SMILES string of the molecule is CC(C)(CNC(=O)c1ccccc1NS(=O)(=O)c1ccc(Cl)cc1)N1CCOCC1. The number of sulfonamides is 1. The molecule has 1 amide bonds. The van der Waals surface area contributed by atoms with E-state index in [0.717, 1.165) is 13.1 Å². The van der Waals surface area contributed by atoms with Gasteiger partial charge in [0.05, 0.1) is 29.4 Å². The number of rotatable bonds is 7. The van der Waals surface area contributed by atoms with Gasteiger partial charge in [-0.25, -0.2) is 8.42 Å². The molecule has 0 radical (unpaired) electrons. The van der Waals surface area contributed by atoms with Gasteiger partial charge in [0.15, 0.2) is 0 Å². The number of para-hydroxylation sites is 1. The summed E-state index contributed by atoms with van der Waals surface area (Å²) in [5.41, 5.74) is 0.221. The van der Waals surface area contributed by atoms with Crippen molar-refractivity contribution in [2.24, 2.45) is 0 Å². The van der Waals surface area contributed by atoms with Crippen LogP contribution in [0.3, 0.4) is 0 Å². The molecule has 0 unspecified atom stereocenters. The molecule has 1 fully saturated rings. The monoisotopic (exact) mass is 451 g/mol. The van der Waals surface area contributed by atoms with Crippen LogP contribution in [0.2, 0.25) is 5.02 Å². The van der Waals surface area contributed by atoms with Crippen molar-refractivity contribution in [2.45, 2.75) is 24.3 Å². The number of hydrogen-bond donors (Lipinski definition) is 2. The molecule has 0 saturated carbocycles. The second kappa shape index (κ2) is 9.34. The number of carbonyl (C=O) groups is 1. The fourth-order valence-electron chi connectivity index (χ4n) is 3.26. The Morgan fingerprint density at radius 3 is 2.40 bits per heavy atom. The van der Waals surface area contributed by atoms with Gasteiger partial charge in [-0.1, -0.05) is 23.7 Å². The van der Waals surface area contributed by atoms with Gasteiger partial charge in [-0.15, -0.1) is 0 Å². The van der Waals surface area contributed by atoms with Gasteiger partial charge in [0, 0.05) is 30.2 Å².